The number of fused-ring (bicyclic) bond motifs is 2. The van der Waals surface area contributed by atoms with Gasteiger partial charge in [0.15, 0.2) is 18.2 Å². The molecule has 6 nitrogen and oxygen atoms in total. The lowest BCUT2D eigenvalue weighted by Gasteiger charge is -2.38. The molecule has 0 radical (unpaired) electrons. The van der Waals surface area contributed by atoms with E-state index in [1.165, 1.54) is 12.1 Å². The van der Waals surface area contributed by atoms with Crippen molar-refractivity contribution < 1.29 is 13.9 Å². The van der Waals surface area contributed by atoms with Gasteiger partial charge < -0.3 is 9.64 Å². The molecule has 0 saturated carbocycles. The summed E-state index contributed by atoms with van der Waals surface area (Å²) in [6.45, 7) is -0.126. The predicted molar refractivity (Wildman–Crippen MR) is 83.8 cm³/mol. The van der Waals surface area contributed by atoms with E-state index in [1.807, 2.05) is 4.90 Å². The average molecular weight is 330 g/mol. The summed E-state index contributed by atoms with van der Waals surface area (Å²) in [5.74, 6) is -0.400. The van der Waals surface area contributed by atoms with Crippen LogP contribution in [-0.4, -0.2) is 44.5 Å². The van der Waals surface area contributed by atoms with Gasteiger partial charge in [-0.25, -0.2) is 4.39 Å². The maximum atomic E-state index is 13.6. The average Bonchev–Trinajstić information content (AvgIpc) is 3.21. The quantitative estimate of drug-likeness (QED) is 0.862. The Morgan fingerprint density at radius 2 is 1.79 bits per heavy atom. The van der Waals surface area contributed by atoms with E-state index in [9.17, 15) is 9.18 Å². The topological polar surface area (TPSA) is 60.2 Å². The Kier molecular flexibility index (Phi) is 3.92. The molecule has 0 aliphatic carbocycles. The zero-order valence-electron chi connectivity index (χ0n) is 13.2. The van der Waals surface area contributed by atoms with Gasteiger partial charge >= 0.3 is 0 Å². The zero-order chi connectivity index (χ0) is 16.5. The summed E-state index contributed by atoms with van der Waals surface area (Å²) in [6, 6.07) is 6.77. The lowest BCUT2D eigenvalue weighted by Crippen LogP contribution is -2.48. The number of carbonyl (C=O) groups is 1. The first-order chi connectivity index (χ1) is 11.7. The van der Waals surface area contributed by atoms with Crippen LogP contribution in [0.15, 0.2) is 36.7 Å². The van der Waals surface area contributed by atoms with Crippen LogP contribution in [0.5, 0.6) is 5.75 Å². The summed E-state index contributed by atoms with van der Waals surface area (Å²) in [7, 11) is 0. The number of piperidine rings is 1. The van der Waals surface area contributed by atoms with E-state index in [0.29, 0.717) is 0 Å². The number of halogens is 1. The molecular weight excluding hydrogens is 311 g/mol. The second-order valence-corrected chi connectivity index (χ2v) is 6.38. The molecule has 2 fully saturated rings. The number of benzene rings is 1. The third-order valence-electron chi connectivity index (χ3n) is 4.95. The predicted octanol–water partition coefficient (Wildman–Crippen LogP) is 2.19. The molecule has 2 aliphatic rings. The van der Waals surface area contributed by atoms with Gasteiger partial charge in [-0.2, -0.15) is 15.0 Å². The lowest BCUT2D eigenvalue weighted by molar-refractivity contribution is -0.138. The van der Waals surface area contributed by atoms with E-state index in [0.717, 1.165) is 25.7 Å². The largest absolute Gasteiger partial charge is 0.481 e. The minimum absolute atomic E-state index is 0.0716. The Labute approximate surface area is 139 Å². The molecule has 2 aliphatic heterocycles. The van der Waals surface area contributed by atoms with E-state index in [2.05, 4.69) is 10.2 Å². The molecule has 1 aromatic carbocycles. The van der Waals surface area contributed by atoms with Crippen LogP contribution < -0.4 is 4.74 Å². The Morgan fingerprint density at radius 1 is 1.12 bits per heavy atom. The number of ether oxygens (including phenoxy) is 1. The van der Waals surface area contributed by atoms with Crippen molar-refractivity contribution in [2.24, 2.45) is 0 Å². The van der Waals surface area contributed by atoms with Gasteiger partial charge in [-0.1, -0.05) is 12.1 Å². The SMILES string of the molecule is O=C(COc1ccccc1F)N1C2CCC1CC(n1nccn1)C2. The maximum absolute atomic E-state index is 13.6. The van der Waals surface area contributed by atoms with Gasteiger partial charge in [0.2, 0.25) is 0 Å². The van der Waals surface area contributed by atoms with E-state index >= 15 is 0 Å². The summed E-state index contributed by atoms with van der Waals surface area (Å²) in [5.41, 5.74) is 0. The maximum Gasteiger partial charge on any atom is 0.261 e. The van der Waals surface area contributed by atoms with Gasteiger partial charge in [0.05, 0.1) is 18.4 Å². The summed E-state index contributed by atoms with van der Waals surface area (Å²) < 4.78 is 19.0. The third kappa shape index (κ3) is 2.74. The highest BCUT2D eigenvalue weighted by Gasteiger charge is 2.44. The van der Waals surface area contributed by atoms with Crippen molar-refractivity contribution in [3.8, 4) is 5.75 Å². The highest BCUT2D eigenvalue weighted by atomic mass is 19.1. The highest BCUT2D eigenvalue weighted by molar-refractivity contribution is 5.79. The van der Waals surface area contributed by atoms with E-state index in [1.54, 1.807) is 29.3 Å². The normalized spacial score (nSPS) is 25.7. The number of hydrogen-bond donors (Lipinski definition) is 0. The first kappa shape index (κ1) is 15.1. The standard InChI is InChI=1S/C17H19FN4O2/c18-15-3-1-2-4-16(15)24-11-17(23)21-12-5-6-13(21)10-14(9-12)22-19-7-8-20-22/h1-4,7-8,12-14H,5-6,9-11H2. The number of aromatic nitrogens is 3. The fourth-order valence-corrected chi connectivity index (χ4v) is 3.93. The van der Waals surface area contributed by atoms with Crippen LogP contribution >= 0.6 is 0 Å². The summed E-state index contributed by atoms with van der Waals surface area (Å²) in [5, 5.41) is 8.46. The van der Waals surface area contributed by atoms with Crippen LogP contribution in [0.4, 0.5) is 4.39 Å². The van der Waals surface area contributed by atoms with Gasteiger partial charge in [-0.3, -0.25) is 4.79 Å². The molecule has 126 valence electrons. The highest BCUT2D eigenvalue weighted by Crippen LogP contribution is 2.40. The fourth-order valence-electron chi connectivity index (χ4n) is 3.93. The van der Waals surface area contributed by atoms with Crippen LogP contribution in [0.2, 0.25) is 0 Å². The van der Waals surface area contributed by atoms with Gasteiger partial charge in [0.25, 0.3) is 5.91 Å². The second kappa shape index (κ2) is 6.22. The van der Waals surface area contributed by atoms with Crippen molar-refractivity contribution in [3.63, 3.8) is 0 Å². The minimum Gasteiger partial charge on any atom is -0.481 e. The summed E-state index contributed by atoms with van der Waals surface area (Å²) in [4.78, 5) is 16.3. The van der Waals surface area contributed by atoms with Crippen LogP contribution in [0.3, 0.4) is 0 Å². The Balaban J connectivity index is 1.40. The lowest BCUT2D eigenvalue weighted by atomic mass is 9.98. The molecule has 2 atom stereocenters. The molecule has 4 rings (SSSR count). The van der Waals surface area contributed by atoms with Crippen LogP contribution in [0.25, 0.3) is 0 Å². The third-order valence-corrected chi connectivity index (χ3v) is 4.95. The van der Waals surface area contributed by atoms with Crippen LogP contribution in [0.1, 0.15) is 31.7 Å². The fraction of sp³-hybridized carbons (Fsp3) is 0.471. The number of nitrogens with zero attached hydrogens (tertiary/aromatic N) is 4. The minimum atomic E-state index is -0.447. The monoisotopic (exact) mass is 330 g/mol. The Hall–Kier alpha value is -2.44. The van der Waals surface area contributed by atoms with Gasteiger partial charge in [-0.15, -0.1) is 0 Å². The summed E-state index contributed by atoms with van der Waals surface area (Å²) >= 11 is 0. The smallest absolute Gasteiger partial charge is 0.261 e. The molecule has 3 heterocycles. The van der Waals surface area contributed by atoms with Crippen LogP contribution in [-0.2, 0) is 4.79 Å². The van der Waals surface area contributed by atoms with Crippen molar-refractivity contribution >= 4 is 5.91 Å². The van der Waals surface area contributed by atoms with Gasteiger partial charge in [-0.05, 0) is 37.8 Å². The Morgan fingerprint density at radius 3 is 2.46 bits per heavy atom. The Bertz CT molecular complexity index is 707. The van der Waals surface area contributed by atoms with E-state index in [-0.39, 0.29) is 36.4 Å². The molecular formula is C17H19FN4O2. The first-order valence-electron chi connectivity index (χ1n) is 8.26. The number of hydrogen-bond acceptors (Lipinski definition) is 4. The van der Waals surface area contributed by atoms with Gasteiger partial charge in [0.1, 0.15) is 0 Å². The molecule has 7 heteroatoms. The summed E-state index contributed by atoms with van der Waals surface area (Å²) in [6.07, 6.45) is 7.07. The van der Waals surface area contributed by atoms with Gasteiger partial charge in [0, 0.05) is 12.1 Å². The molecule has 2 bridgehead atoms. The van der Waals surface area contributed by atoms with Crippen molar-refractivity contribution in [3.05, 3.63) is 42.5 Å². The van der Waals surface area contributed by atoms with Crippen molar-refractivity contribution in [1.82, 2.24) is 19.9 Å². The molecule has 1 amide bonds. The second-order valence-electron chi connectivity index (χ2n) is 6.38. The van der Waals surface area contributed by atoms with E-state index < -0.39 is 5.82 Å². The molecule has 2 aromatic rings. The number of para-hydroxylation sites is 1. The molecule has 1 aromatic heterocycles. The van der Waals surface area contributed by atoms with Crippen molar-refractivity contribution in [1.29, 1.82) is 0 Å². The first-order valence-corrected chi connectivity index (χ1v) is 8.26. The van der Waals surface area contributed by atoms with Crippen molar-refractivity contribution in [2.45, 2.75) is 43.8 Å². The molecule has 2 unspecified atom stereocenters. The molecule has 0 N–H and O–H groups in total. The van der Waals surface area contributed by atoms with Crippen molar-refractivity contribution in [2.75, 3.05) is 6.61 Å². The van der Waals surface area contributed by atoms with Crippen LogP contribution in [0, 0.1) is 5.82 Å². The number of amides is 1. The van der Waals surface area contributed by atoms with E-state index in [4.69, 9.17) is 4.74 Å². The molecule has 0 spiro atoms. The number of rotatable bonds is 4. The number of carbonyl (C=O) groups excluding carboxylic acids is 1. The molecule has 24 heavy (non-hydrogen) atoms. The molecule has 2 saturated heterocycles. The zero-order valence-corrected chi connectivity index (χ0v) is 13.2.